The topological polar surface area (TPSA) is 66.4 Å². The van der Waals surface area contributed by atoms with Crippen LogP contribution in [0.25, 0.3) is 0 Å². The number of carbonyl (C=O) groups is 2. The number of anilines is 1. The van der Waals surface area contributed by atoms with E-state index in [2.05, 4.69) is 5.32 Å². The second kappa shape index (κ2) is 8.24. The van der Waals surface area contributed by atoms with Gasteiger partial charge in [0.15, 0.2) is 0 Å². The van der Waals surface area contributed by atoms with E-state index in [1.54, 1.807) is 49.4 Å². The molecule has 0 bridgehead atoms. The smallest absolute Gasteiger partial charge is 0.307 e. The molecule has 126 valence electrons. The summed E-state index contributed by atoms with van der Waals surface area (Å²) in [4.78, 5) is 22.8. The zero-order valence-corrected chi connectivity index (χ0v) is 13.5. The first-order valence-electron chi connectivity index (χ1n) is 7.80. The van der Waals surface area contributed by atoms with Crippen LogP contribution in [0.4, 0.5) is 10.1 Å². The van der Waals surface area contributed by atoms with Crippen molar-refractivity contribution in [3.63, 3.8) is 0 Å². The van der Waals surface area contributed by atoms with E-state index >= 15 is 0 Å². The van der Waals surface area contributed by atoms with Crippen molar-refractivity contribution >= 4 is 17.6 Å². The maximum atomic E-state index is 13.6. The molecule has 2 aromatic rings. The lowest BCUT2D eigenvalue weighted by molar-refractivity contribution is -0.136. The Hall–Kier alpha value is -2.69. The van der Waals surface area contributed by atoms with Gasteiger partial charge in [0, 0.05) is 11.6 Å². The summed E-state index contributed by atoms with van der Waals surface area (Å²) in [5.74, 6) is -1.55. The fraction of sp³-hybridized carbons (Fsp3) is 0.263. The Kier molecular flexibility index (Phi) is 6.07. The van der Waals surface area contributed by atoms with Crippen LogP contribution in [0.3, 0.4) is 0 Å². The Morgan fingerprint density at radius 1 is 1.12 bits per heavy atom. The molecule has 0 saturated carbocycles. The van der Waals surface area contributed by atoms with Crippen LogP contribution in [0.1, 0.15) is 24.5 Å². The van der Waals surface area contributed by atoms with Gasteiger partial charge in [-0.2, -0.15) is 0 Å². The molecule has 0 heterocycles. The molecule has 2 aromatic carbocycles. The summed E-state index contributed by atoms with van der Waals surface area (Å²) < 4.78 is 13.6. The molecule has 0 aliphatic carbocycles. The highest BCUT2D eigenvalue weighted by Crippen LogP contribution is 2.16. The van der Waals surface area contributed by atoms with Crippen LogP contribution in [0.5, 0.6) is 0 Å². The lowest BCUT2D eigenvalue weighted by Gasteiger charge is -2.13. The third-order valence-electron chi connectivity index (χ3n) is 3.83. The Balaban J connectivity index is 1.87. The number of hydrogen-bond acceptors (Lipinski definition) is 2. The fourth-order valence-corrected chi connectivity index (χ4v) is 2.35. The molecule has 0 aliphatic heterocycles. The van der Waals surface area contributed by atoms with Gasteiger partial charge >= 0.3 is 5.97 Å². The number of aryl methyl sites for hydroxylation is 1. The largest absolute Gasteiger partial charge is 0.481 e. The molecule has 1 atom stereocenters. The van der Waals surface area contributed by atoms with Crippen LogP contribution >= 0.6 is 0 Å². The number of amides is 1. The molecule has 0 radical (unpaired) electrons. The van der Waals surface area contributed by atoms with Crippen LogP contribution in [0.2, 0.25) is 0 Å². The van der Waals surface area contributed by atoms with Crippen LogP contribution in [-0.2, 0) is 22.4 Å². The molecule has 0 aliphatic rings. The van der Waals surface area contributed by atoms with E-state index < -0.39 is 5.97 Å². The van der Waals surface area contributed by atoms with Crippen molar-refractivity contribution in [2.75, 3.05) is 5.32 Å². The molecule has 2 rings (SSSR count). The highest BCUT2D eigenvalue weighted by atomic mass is 19.1. The zero-order valence-electron chi connectivity index (χ0n) is 13.5. The molecule has 1 amide bonds. The number of benzene rings is 2. The van der Waals surface area contributed by atoms with Crippen molar-refractivity contribution in [1.82, 2.24) is 0 Å². The second-order valence-electron chi connectivity index (χ2n) is 5.79. The van der Waals surface area contributed by atoms with E-state index in [1.165, 1.54) is 6.07 Å². The first kappa shape index (κ1) is 17.7. The number of aliphatic carboxylic acids is 1. The maximum absolute atomic E-state index is 13.6. The van der Waals surface area contributed by atoms with E-state index in [9.17, 15) is 14.0 Å². The number of carbonyl (C=O) groups excluding carboxylic acids is 1. The minimum Gasteiger partial charge on any atom is -0.481 e. The Labute approximate surface area is 140 Å². The highest BCUT2D eigenvalue weighted by Gasteiger charge is 2.14. The van der Waals surface area contributed by atoms with E-state index in [-0.39, 0.29) is 24.1 Å². The quantitative estimate of drug-likeness (QED) is 0.814. The molecule has 0 aromatic heterocycles. The summed E-state index contributed by atoms with van der Waals surface area (Å²) >= 11 is 0. The van der Waals surface area contributed by atoms with Crippen molar-refractivity contribution in [3.8, 4) is 0 Å². The maximum Gasteiger partial charge on any atom is 0.307 e. The second-order valence-corrected chi connectivity index (χ2v) is 5.79. The number of carboxylic acid groups (broad SMARTS) is 1. The van der Waals surface area contributed by atoms with Crippen LogP contribution in [0.15, 0.2) is 48.5 Å². The Morgan fingerprint density at radius 3 is 2.42 bits per heavy atom. The molecule has 0 saturated heterocycles. The lowest BCUT2D eigenvalue weighted by atomic mass is 10.00. The third kappa shape index (κ3) is 5.19. The van der Waals surface area contributed by atoms with Crippen LogP contribution in [0, 0.1) is 11.7 Å². The molecular formula is C19H20FNO3. The fourth-order valence-electron chi connectivity index (χ4n) is 2.35. The first-order valence-corrected chi connectivity index (χ1v) is 7.80. The van der Waals surface area contributed by atoms with Crippen molar-refractivity contribution in [3.05, 3.63) is 65.5 Å². The molecule has 0 fully saturated rings. The average molecular weight is 329 g/mol. The monoisotopic (exact) mass is 329 g/mol. The van der Waals surface area contributed by atoms with E-state index in [0.29, 0.717) is 29.7 Å². The van der Waals surface area contributed by atoms with Crippen LogP contribution in [-0.4, -0.2) is 17.0 Å². The SMILES string of the molecule is CC(CCc1ccccc1F)C(=O)Nc1ccc(CC(=O)O)cc1. The molecule has 4 nitrogen and oxygen atoms in total. The van der Waals surface area contributed by atoms with Gasteiger partial charge in [0.05, 0.1) is 6.42 Å². The first-order chi connectivity index (χ1) is 11.5. The molecule has 24 heavy (non-hydrogen) atoms. The van der Waals surface area contributed by atoms with Gasteiger partial charge in [-0.3, -0.25) is 9.59 Å². The van der Waals surface area contributed by atoms with Gasteiger partial charge < -0.3 is 10.4 Å². The summed E-state index contributed by atoms with van der Waals surface area (Å²) in [6.07, 6.45) is 0.996. The van der Waals surface area contributed by atoms with E-state index in [1.807, 2.05) is 0 Å². The van der Waals surface area contributed by atoms with Gasteiger partial charge in [0.1, 0.15) is 5.82 Å². The average Bonchev–Trinajstić information content (AvgIpc) is 2.55. The number of carboxylic acids is 1. The van der Waals surface area contributed by atoms with Gasteiger partial charge in [0.2, 0.25) is 5.91 Å². The third-order valence-corrected chi connectivity index (χ3v) is 3.83. The van der Waals surface area contributed by atoms with Crippen molar-refractivity contribution in [2.24, 2.45) is 5.92 Å². The summed E-state index contributed by atoms with van der Waals surface area (Å²) in [7, 11) is 0. The minimum absolute atomic E-state index is 0.0483. The van der Waals surface area contributed by atoms with Gasteiger partial charge in [-0.05, 0) is 42.2 Å². The van der Waals surface area contributed by atoms with Crippen molar-refractivity contribution in [2.45, 2.75) is 26.2 Å². The van der Waals surface area contributed by atoms with Crippen molar-refractivity contribution < 1.29 is 19.1 Å². The number of halogens is 1. The minimum atomic E-state index is -0.895. The highest BCUT2D eigenvalue weighted by molar-refractivity contribution is 5.92. The number of hydrogen-bond donors (Lipinski definition) is 2. The summed E-state index contributed by atoms with van der Waals surface area (Å²) in [6.45, 7) is 1.80. The molecule has 2 N–H and O–H groups in total. The summed E-state index contributed by atoms with van der Waals surface area (Å²) in [6, 6.07) is 13.3. The molecule has 5 heteroatoms. The lowest BCUT2D eigenvalue weighted by Crippen LogP contribution is -2.21. The standard InChI is InChI=1S/C19H20FNO3/c1-13(6-9-15-4-2-3-5-17(15)20)19(24)21-16-10-7-14(8-11-16)12-18(22)23/h2-5,7-8,10-11,13H,6,9,12H2,1H3,(H,21,24)(H,22,23). The van der Waals surface area contributed by atoms with E-state index in [4.69, 9.17) is 5.11 Å². The predicted octanol–water partition coefficient (Wildman–Crippen LogP) is 3.66. The summed E-state index contributed by atoms with van der Waals surface area (Å²) in [5, 5.41) is 11.5. The van der Waals surface area contributed by atoms with E-state index in [0.717, 1.165) is 0 Å². The Bertz CT molecular complexity index is 713. The van der Waals surface area contributed by atoms with Gasteiger partial charge in [-0.1, -0.05) is 37.3 Å². The van der Waals surface area contributed by atoms with Crippen molar-refractivity contribution in [1.29, 1.82) is 0 Å². The van der Waals surface area contributed by atoms with Gasteiger partial charge in [0.25, 0.3) is 0 Å². The van der Waals surface area contributed by atoms with Crippen LogP contribution < -0.4 is 5.32 Å². The van der Waals surface area contributed by atoms with Gasteiger partial charge in [-0.25, -0.2) is 4.39 Å². The normalized spacial score (nSPS) is 11.8. The molecular weight excluding hydrogens is 309 g/mol. The Morgan fingerprint density at radius 2 is 1.79 bits per heavy atom. The number of rotatable bonds is 7. The molecule has 1 unspecified atom stereocenters. The predicted molar refractivity (Wildman–Crippen MR) is 90.3 cm³/mol. The molecule has 0 spiro atoms. The number of nitrogens with one attached hydrogen (secondary N) is 1. The van der Waals surface area contributed by atoms with Gasteiger partial charge in [-0.15, -0.1) is 0 Å². The zero-order chi connectivity index (χ0) is 17.5. The summed E-state index contributed by atoms with van der Waals surface area (Å²) in [5.41, 5.74) is 1.90.